The molecule has 242 valence electrons. The van der Waals surface area contributed by atoms with Gasteiger partial charge in [-0.25, -0.2) is 15.0 Å². The summed E-state index contributed by atoms with van der Waals surface area (Å²) in [5.41, 5.74) is 9.39. The number of fused-ring (bicyclic) bond motifs is 3. The van der Waals surface area contributed by atoms with Gasteiger partial charge in [0.2, 0.25) is 18.2 Å². The van der Waals surface area contributed by atoms with E-state index in [2.05, 4.69) is 19.9 Å². The lowest BCUT2D eigenvalue weighted by Gasteiger charge is -2.37. The van der Waals surface area contributed by atoms with Crippen LogP contribution in [0.15, 0.2) is 73.3 Å². The van der Waals surface area contributed by atoms with Crippen LogP contribution in [0.3, 0.4) is 0 Å². The predicted molar refractivity (Wildman–Crippen MR) is 174 cm³/mol. The highest BCUT2D eigenvalue weighted by Crippen LogP contribution is 2.49. The number of hydrogen-bond acceptors (Lipinski definition) is 11. The molecule has 2 aliphatic rings. The topological polar surface area (TPSA) is 120 Å². The third-order valence-corrected chi connectivity index (χ3v) is 8.69. The molecule has 11 nitrogen and oxygen atoms in total. The molecule has 5 aromatic rings. The number of ether oxygens (including phenoxy) is 1. The number of aliphatic hydroxyl groups is 1. The van der Waals surface area contributed by atoms with Crippen LogP contribution in [0.2, 0.25) is 0 Å². The number of halogens is 3. The van der Waals surface area contributed by atoms with E-state index in [4.69, 9.17) is 10.5 Å². The Kier molecular flexibility index (Phi) is 7.68. The number of aromatic nitrogens is 4. The molecule has 14 heteroatoms. The van der Waals surface area contributed by atoms with Crippen LogP contribution in [-0.4, -0.2) is 71.7 Å². The van der Waals surface area contributed by atoms with Crippen molar-refractivity contribution in [2.45, 2.75) is 19.1 Å². The number of pyridine rings is 2. The van der Waals surface area contributed by atoms with Gasteiger partial charge in [-0.3, -0.25) is 9.88 Å². The second kappa shape index (κ2) is 11.9. The zero-order valence-electron chi connectivity index (χ0n) is 25.7. The minimum Gasteiger partial charge on any atom is -0.481 e. The highest BCUT2D eigenvalue weighted by molar-refractivity contribution is 6.04. The van der Waals surface area contributed by atoms with Crippen LogP contribution < -0.4 is 30.1 Å². The Hall–Kier alpha value is -5.21. The van der Waals surface area contributed by atoms with E-state index >= 15 is 0 Å². The van der Waals surface area contributed by atoms with Crippen LogP contribution in [0.25, 0.3) is 22.0 Å². The Bertz CT molecular complexity index is 1910. The van der Waals surface area contributed by atoms with Crippen molar-refractivity contribution in [3.05, 3.63) is 84.4 Å². The summed E-state index contributed by atoms with van der Waals surface area (Å²) in [6, 6.07) is 13.5. The molecule has 0 saturated carbocycles. The van der Waals surface area contributed by atoms with E-state index < -0.39 is 18.1 Å². The van der Waals surface area contributed by atoms with Crippen molar-refractivity contribution in [2.75, 3.05) is 59.9 Å². The molecule has 3 aromatic heterocycles. The number of rotatable bonds is 6. The molecular formula is C33H32F3N9O2. The summed E-state index contributed by atoms with van der Waals surface area (Å²) >= 11 is 0. The molecule has 0 radical (unpaired) electrons. The van der Waals surface area contributed by atoms with Crippen molar-refractivity contribution in [1.29, 1.82) is 0 Å². The normalized spacial score (nSPS) is 16.6. The van der Waals surface area contributed by atoms with Crippen LogP contribution in [-0.2, 0) is 12.7 Å². The molecule has 0 amide bonds. The number of anilines is 5. The van der Waals surface area contributed by atoms with E-state index in [0.717, 1.165) is 22.8 Å². The molecule has 2 aliphatic heterocycles. The van der Waals surface area contributed by atoms with Gasteiger partial charge in [-0.1, -0.05) is 6.07 Å². The summed E-state index contributed by atoms with van der Waals surface area (Å²) in [5, 5.41) is 12.1. The van der Waals surface area contributed by atoms with Gasteiger partial charge >= 0.3 is 6.18 Å². The number of methoxy groups -OCH3 is 1. The number of alkyl halides is 3. The highest BCUT2D eigenvalue weighted by atomic mass is 19.4. The van der Waals surface area contributed by atoms with E-state index in [9.17, 15) is 18.3 Å². The van der Waals surface area contributed by atoms with Gasteiger partial charge in [-0.2, -0.15) is 13.2 Å². The highest BCUT2D eigenvalue weighted by Gasteiger charge is 2.40. The predicted octanol–water partition coefficient (Wildman–Crippen LogP) is 4.76. The van der Waals surface area contributed by atoms with Gasteiger partial charge in [0.15, 0.2) is 0 Å². The molecule has 0 spiro atoms. The molecule has 2 aromatic carbocycles. The molecule has 3 N–H and O–H groups in total. The van der Waals surface area contributed by atoms with Crippen LogP contribution >= 0.6 is 0 Å². The Balaban J connectivity index is 1.24. The second-order valence-electron chi connectivity index (χ2n) is 11.4. The average Bonchev–Trinajstić information content (AvgIpc) is 3.36. The Morgan fingerprint density at radius 2 is 1.57 bits per heavy atom. The first-order valence-electron chi connectivity index (χ1n) is 15.0. The lowest BCUT2D eigenvalue weighted by atomic mass is 10.0. The van der Waals surface area contributed by atoms with E-state index in [1.807, 2.05) is 29.2 Å². The summed E-state index contributed by atoms with van der Waals surface area (Å²) in [5.74, 6) is 0.998. The van der Waals surface area contributed by atoms with E-state index in [0.29, 0.717) is 66.8 Å². The van der Waals surface area contributed by atoms with Gasteiger partial charge in [0, 0.05) is 92.3 Å². The van der Waals surface area contributed by atoms with Crippen LogP contribution in [0.1, 0.15) is 11.1 Å². The maximum atomic E-state index is 14.7. The van der Waals surface area contributed by atoms with Crippen molar-refractivity contribution < 1.29 is 23.0 Å². The zero-order chi connectivity index (χ0) is 32.9. The molecular weight excluding hydrogens is 611 g/mol. The fourth-order valence-corrected chi connectivity index (χ4v) is 6.15. The number of nitrogens with two attached hydrogens (primary N) is 1. The van der Waals surface area contributed by atoms with Gasteiger partial charge in [-0.15, -0.1) is 0 Å². The van der Waals surface area contributed by atoms with Crippen molar-refractivity contribution in [3.63, 3.8) is 0 Å². The Morgan fingerprint density at radius 3 is 2.23 bits per heavy atom. The zero-order valence-corrected chi connectivity index (χ0v) is 25.7. The smallest absolute Gasteiger partial charge is 0.418 e. The van der Waals surface area contributed by atoms with E-state index in [1.54, 1.807) is 60.9 Å². The minimum atomic E-state index is -4.64. The first-order valence-corrected chi connectivity index (χ1v) is 15.0. The first kappa shape index (κ1) is 30.4. The molecule has 0 bridgehead atoms. The van der Waals surface area contributed by atoms with Gasteiger partial charge in [0.05, 0.1) is 35.8 Å². The number of hydrogen-bond donors (Lipinski definition) is 2. The second-order valence-corrected chi connectivity index (χ2v) is 11.4. The third kappa shape index (κ3) is 5.48. The van der Waals surface area contributed by atoms with Gasteiger partial charge in [0.25, 0.3) is 0 Å². The summed E-state index contributed by atoms with van der Waals surface area (Å²) in [6.45, 7) is 1.93. The molecule has 0 aliphatic carbocycles. The molecule has 1 fully saturated rings. The maximum Gasteiger partial charge on any atom is 0.418 e. The monoisotopic (exact) mass is 643 g/mol. The van der Waals surface area contributed by atoms with Crippen molar-refractivity contribution in [2.24, 2.45) is 5.73 Å². The van der Waals surface area contributed by atoms with Crippen molar-refractivity contribution in [1.82, 2.24) is 19.9 Å². The largest absolute Gasteiger partial charge is 0.481 e. The summed E-state index contributed by atoms with van der Waals surface area (Å²) in [7, 11) is 3.22. The van der Waals surface area contributed by atoms with Crippen LogP contribution in [0.4, 0.5) is 41.9 Å². The van der Waals surface area contributed by atoms with Crippen LogP contribution in [0, 0.1) is 0 Å². The van der Waals surface area contributed by atoms with E-state index in [1.165, 1.54) is 11.0 Å². The lowest BCUT2D eigenvalue weighted by Crippen LogP contribution is -2.47. The molecule has 47 heavy (non-hydrogen) atoms. The summed E-state index contributed by atoms with van der Waals surface area (Å²) in [4.78, 5) is 24.4. The van der Waals surface area contributed by atoms with Gasteiger partial charge in [0.1, 0.15) is 0 Å². The number of nitrogens with zero attached hydrogens (tertiary/aromatic N) is 8. The van der Waals surface area contributed by atoms with Crippen LogP contribution in [0.5, 0.6) is 5.88 Å². The average molecular weight is 644 g/mol. The number of benzene rings is 2. The van der Waals surface area contributed by atoms with Gasteiger partial charge < -0.3 is 30.3 Å². The Labute approximate surface area is 268 Å². The first-order chi connectivity index (χ1) is 22.7. The summed E-state index contributed by atoms with van der Waals surface area (Å²) < 4.78 is 49.3. The fraction of sp³-hybridized carbons (Fsp3) is 0.273. The quantitative estimate of drug-likeness (QED) is 0.267. The van der Waals surface area contributed by atoms with E-state index in [-0.39, 0.29) is 11.4 Å². The number of aliphatic hydroxyl groups excluding tert-OH is 1. The summed E-state index contributed by atoms with van der Waals surface area (Å²) in [6.07, 6.45) is 0.736. The SMILES string of the molecule is COc1ccc(-c2ccc3ncc4c(c3c2)N(c2ccc(N3CCN(c5ncc(CN)cn5)CC3)c(C(F)(F)F)c2)C(O)N4C)cn1. The lowest BCUT2D eigenvalue weighted by molar-refractivity contribution is -0.137. The third-order valence-electron chi connectivity index (χ3n) is 8.69. The molecule has 1 unspecified atom stereocenters. The van der Waals surface area contributed by atoms with Crippen molar-refractivity contribution in [3.8, 4) is 17.0 Å². The standard InChI is InChI=1S/C33H32F3N9O2/c1-42-28-19-38-26-6-3-21(22-4-8-29(47-2)39-18-22)13-24(26)30(28)45(32(42)46)23-5-7-27(25(14-23)33(34,35)36)43-9-11-44(12-10-43)31-40-16-20(15-37)17-41-31/h3-8,13-14,16-19,32,46H,9-12,15,37H2,1-2H3. The number of piperazine rings is 1. The van der Waals surface area contributed by atoms with Gasteiger partial charge in [-0.05, 0) is 42.0 Å². The minimum absolute atomic E-state index is 0.0800. The molecule has 5 heterocycles. The molecule has 7 rings (SSSR count). The van der Waals surface area contributed by atoms with Crippen molar-refractivity contribution >= 4 is 39.6 Å². The molecule has 1 saturated heterocycles. The molecule has 1 atom stereocenters. The Morgan fingerprint density at radius 1 is 0.851 bits per heavy atom. The fourth-order valence-electron chi connectivity index (χ4n) is 6.15. The maximum absolute atomic E-state index is 14.7.